The van der Waals surface area contributed by atoms with Crippen molar-refractivity contribution in [2.45, 2.75) is 12.6 Å². The van der Waals surface area contributed by atoms with E-state index in [1.165, 1.54) is 30.6 Å². The van der Waals surface area contributed by atoms with Gasteiger partial charge in [-0.25, -0.2) is 9.37 Å². The highest BCUT2D eigenvalue weighted by Crippen LogP contribution is 2.32. The lowest BCUT2D eigenvalue weighted by molar-refractivity contribution is -0.127. The van der Waals surface area contributed by atoms with Crippen LogP contribution in [0.3, 0.4) is 0 Å². The molecule has 2 N–H and O–H groups in total. The minimum atomic E-state index is -4.46. The zero-order valence-electron chi connectivity index (χ0n) is 12.6. The van der Waals surface area contributed by atoms with E-state index in [0.29, 0.717) is 5.56 Å². The normalized spacial score (nSPS) is 11.7. The Morgan fingerprint density at radius 1 is 1.20 bits per heavy atom. The van der Waals surface area contributed by atoms with Crippen LogP contribution in [0.4, 0.5) is 17.6 Å². The molecule has 0 bridgehead atoms. The van der Waals surface area contributed by atoms with Crippen molar-refractivity contribution in [1.82, 2.24) is 9.97 Å². The molecule has 0 saturated heterocycles. The molecular formula is C17H11F4N3O. The van der Waals surface area contributed by atoms with Gasteiger partial charge in [-0.3, -0.25) is 9.78 Å². The molecule has 0 aliphatic rings. The van der Waals surface area contributed by atoms with Crippen molar-refractivity contribution in [3.63, 3.8) is 0 Å². The summed E-state index contributed by atoms with van der Waals surface area (Å²) in [4.78, 5) is 19.5. The molecule has 128 valence electrons. The van der Waals surface area contributed by atoms with E-state index < -0.39 is 29.9 Å². The molecule has 8 heteroatoms. The number of benzene rings is 1. The van der Waals surface area contributed by atoms with Crippen molar-refractivity contribution in [1.29, 1.82) is 0 Å². The van der Waals surface area contributed by atoms with Gasteiger partial charge in [0.25, 0.3) is 5.91 Å². The molecule has 3 rings (SSSR count). The summed E-state index contributed by atoms with van der Waals surface area (Å²) in [7, 11) is 0. The third-order valence-corrected chi connectivity index (χ3v) is 3.59. The Labute approximate surface area is 139 Å². The molecule has 0 saturated carbocycles. The van der Waals surface area contributed by atoms with Gasteiger partial charge >= 0.3 is 6.18 Å². The minimum Gasteiger partial charge on any atom is -0.365 e. The number of hydrogen-bond acceptors (Lipinski definition) is 3. The molecule has 0 atom stereocenters. The predicted octanol–water partition coefficient (Wildman–Crippen LogP) is 3.64. The van der Waals surface area contributed by atoms with Crippen LogP contribution >= 0.6 is 0 Å². The van der Waals surface area contributed by atoms with Gasteiger partial charge in [-0.2, -0.15) is 13.2 Å². The predicted molar refractivity (Wildman–Crippen MR) is 83.2 cm³/mol. The van der Waals surface area contributed by atoms with Crippen LogP contribution in [-0.4, -0.2) is 22.1 Å². The number of nitrogens with two attached hydrogens (primary N) is 1. The summed E-state index contributed by atoms with van der Waals surface area (Å²) in [6.45, 7) is 0. The number of pyridine rings is 2. The van der Waals surface area contributed by atoms with Gasteiger partial charge in [-0.15, -0.1) is 0 Å². The highest BCUT2D eigenvalue weighted by molar-refractivity contribution is 6.05. The van der Waals surface area contributed by atoms with Crippen LogP contribution in [0.15, 0.2) is 42.7 Å². The number of rotatable bonds is 3. The first-order chi connectivity index (χ1) is 11.8. The number of carbonyl (C=O) groups excluding carboxylic acids is 1. The molecule has 0 radical (unpaired) electrons. The molecule has 0 aliphatic heterocycles. The van der Waals surface area contributed by atoms with E-state index in [9.17, 15) is 22.4 Å². The number of aromatic nitrogens is 2. The topological polar surface area (TPSA) is 68.9 Å². The monoisotopic (exact) mass is 349 g/mol. The molecule has 0 aliphatic carbocycles. The van der Waals surface area contributed by atoms with E-state index >= 15 is 0 Å². The molecule has 1 amide bonds. The average Bonchev–Trinajstić information content (AvgIpc) is 2.53. The Morgan fingerprint density at radius 2 is 1.96 bits per heavy atom. The summed E-state index contributed by atoms with van der Waals surface area (Å²) in [6.07, 6.45) is -2.87. The van der Waals surface area contributed by atoms with Gasteiger partial charge in [0.15, 0.2) is 0 Å². The van der Waals surface area contributed by atoms with Crippen molar-refractivity contribution in [3.8, 4) is 11.3 Å². The van der Waals surface area contributed by atoms with E-state index in [0.717, 1.165) is 6.07 Å². The molecule has 2 aromatic heterocycles. The number of amides is 1. The first kappa shape index (κ1) is 16.8. The van der Waals surface area contributed by atoms with E-state index in [1.54, 1.807) is 6.07 Å². The Bertz CT molecular complexity index is 956. The molecule has 3 aromatic rings. The summed E-state index contributed by atoms with van der Waals surface area (Å²) in [5.74, 6) is -1.93. The Hall–Kier alpha value is -3.03. The Kier molecular flexibility index (Phi) is 4.12. The number of nitrogens with zero attached hydrogens (tertiary/aromatic N) is 2. The van der Waals surface area contributed by atoms with Gasteiger partial charge in [0.05, 0.1) is 17.6 Å². The number of halogens is 4. The maximum Gasteiger partial charge on any atom is 0.393 e. The Morgan fingerprint density at radius 3 is 2.56 bits per heavy atom. The lowest BCUT2D eigenvalue weighted by atomic mass is 10.00. The standard InChI is InChI=1S/C17H11F4N3O/c18-12-4-3-9-6-11(7-17(19,20)21)14(10-2-1-5-23-8-10)24-15(9)13(12)16(22)25/h1-6,8H,7H2,(H2,22,25). The minimum absolute atomic E-state index is 0.0222. The summed E-state index contributed by atoms with van der Waals surface area (Å²) >= 11 is 0. The van der Waals surface area contributed by atoms with Crippen LogP contribution in [0.25, 0.3) is 22.2 Å². The van der Waals surface area contributed by atoms with E-state index in [1.807, 2.05) is 0 Å². The van der Waals surface area contributed by atoms with Crippen LogP contribution < -0.4 is 5.73 Å². The van der Waals surface area contributed by atoms with Crippen LogP contribution in [0.2, 0.25) is 0 Å². The molecule has 1 aromatic carbocycles. The van der Waals surface area contributed by atoms with Gasteiger partial charge in [0, 0.05) is 23.3 Å². The van der Waals surface area contributed by atoms with Crippen LogP contribution in [0.1, 0.15) is 15.9 Å². The molecular weight excluding hydrogens is 338 g/mol. The van der Waals surface area contributed by atoms with Gasteiger partial charge in [0.1, 0.15) is 11.4 Å². The average molecular weight is 349 g/mol. The second-order valence-corrected chi connectivity index (χ2v) is 5.39. The van der Waals surface area contributed by atoms with Crippen molar-refractivity contribution < 1.29 is 22.4 Å². The molecule has 0 fully saturated rings. The number of alkyl halides is 3. The second-order valence-electron chi connectivity index (χ2n) is 5.39. The molecule has 4 nitrogen and oxygen atoms in total. The second kappa shape index (κ2) is 6.12. The first-order valence-corrected chi connectivity index (χ1v) is 7.15. The zero-order chi connectivity index (χ0) is 18.2. The van der Waals surface area contributed by atoms with Gasteiger partial charge in [-0.05, 0) is 35.9 Å². The summed E-state index contributed by atoms with van der Waals surface area (Å²) < 4.78 is 52.7. The molecule has 2 heterocycles. The first-order valence-electron chi connectivity index (χ1n) is 7.15. The lowest BCUT2D eigenvalue weighted by Gasteiger charge is -2.14. The number of hydrogen-bond donors (Lipinski definition) is 1. The fourth-order valence-corrected chi connectivity index (χ4v) is 2.60. The van der Waals surface area contributed by atoms with E-state index in [2.05, 4.69) is 9.97 Å². The van der Waals surface area contributed by atoms with Crippen molar-refractivity contribution in [2.75, 3.05) is 0 Å². The zero-order valence-corrected chi connectivity index (χ0v) is 12.6. The van der Waals surface area contributed by atoms with Crippen LogP contribution in [0, 0.1) is 5.82 Å². The smallest absolute Gasteiger partial charge is 0.365 e. The lowest BCUT2D eigenvalue weighted by Crippen LogP contribution is -2.16. The third-order valence-electron chi connectivity index (χ3n) is 3.59. The third kappa shape index (κ3) is 3.42. The highest BCUT2D eigenvalue weighted by Gasteiger charge is 2.30. The van der Waals surface area contributed by atoms with Gasteiger partial charge in [0.2, 0.25) is 0 Å². The molecule has 0 unspecified atom stereocenters. The summed E-state index contributed by atoms with van der Waals surface area (Å²) in [5.41, 5.74) is 4.85. The Balaban J connectivity index is 2.34. The largest absolute Gasteiger partial charge is 0.393 e. The van der Waals surface area contributed by atoms with E-state index in [-0.39, 0.29) is 22.2 Å². The van der Waals surface area contributed by atoms with Crippen molar-refractivity contribution >= 4 is 16.8 Å². The number of primary amides is 1. The fourth-order valence-electron chi connectivity index (χ4n) is 2.60. The molecule has 25 heavy (non-hydrogen) atoms. The number of fused-ring (bicyclic) bond motifs is 1. The van der Waals surface area contributed by atoms with Crippen molar-refractivity contribution in [3.05, 3.63) is 59.7 Å². The highest BCUT2D eigenvalue weighted by atomic mass is 19.4. The number of carbonyl (C=O) groups is 1. The maximum absolute atomic E-state index is 13.9. The quantitative estimate of drug-likeness (QED) is 0.734. The summed E-state index contributed by atoms with van der Waals surface area (Å²) in [6, 6.07) is 6.55. The molecule has 0 spiro atoms. The SMILES string of the molecule is NC(=O)c1c(F)ccc2cc(CC(F)(F)F)c(-c3cccnc3)nc12. The van der Waals surface area contributed by atoms with Crippen molar-refractivity contribution in [2.24, 2.45) is 5.73 Å². The maximum atomic E-state index is 13.9. The van der Waals surface area contributed by atoms with Gasteiger partial charge in [-0.1, -0.05) is 0 Å². The fraction of sp³-hybridized carbons (Fsp3) is 0.118. The van der Waals surface area contributed by atoms with E-state index in [4.69, 9.17) is 5.73 Å². The van der Waals surface area contributed by atoms with Gasteiger partial charge < -0.3 is 5.73 Å². The summed E-state index contributed by atoms with van der Waals surface area (Å²) in [5, 5.41) is 0.196. The van der Waals surface area contributed by atoms with Crippen LogP contribution in [0.5, 0.6) is 0 Å². The van der Waals surface area contributed by atoms with Crippen LogP contribution in [-0.2, 0) is 6.42 Å².